The average Bonchev–Trinajstić information content (AvgIpc) is 3.92. The molecule has 20 nitrogen and oxygen atoms in total. The molecule has 22 heteroatoms. The second-order valence-corrected chi connectivity index (χ2v) is 15.0. The Hall–Kier alpha value is -6.55. The van der Waals surface area contributed by atoms with Crippen molar-refractivity contribution in [3.63, 3.8) is 0 Å². The van der Waals surface area contributed by atoms with E-state index in [-0.39, 0.29) is 56.1 Å². The number of thiol groups is 2. The van der Waals surface area contributed by atoms with Gasteiger partial charge in [-0.25, -0.2) is 4.98 Å². The molecule has 2 aromatic carbocycles. The normalized spacial score (nSPS) is 13.9. The van der Waals surface area contributed by atoms with Crippen LogP contribution in [0.15, 0.2) is 78.3 Å². The molecule has 62 heavy (non-hydrogen) atoms. The number of primary amides is 1. The van der Waals surface area contributed by atoms with Gasteiger partial charge in [0.1, 0.15) is 36.3 Å². The maximum atomic E-state index is 14.4. The number of nitrogens with zero attached hydrogens (tertiary/aromatic N) is 2. The van der Waals surface area contributed by atoms with E-state index >= 15 is 0 Å². The first-order chi connectivity index (χ1) is 29.7. The van der Waals surface area contributed by atoms with Gasteiger partial charge in [-0.15, -0.1) is 0 Å². The minimum atomic E-state index is -1.31. The summed E-state index contributed by atoms with van der Waals surface area (Å²) in [5.74, 6) is -5.40. The predicted octanol–water partition coefficient (Wildman–Crippen LogP) is -1.75. The number of aromatic amines is 2. The average molecular weight is 892 g/mol. The largest absolute Gasteiger partial charge is 0.370 e. The second kappa shape index (κ2) is 24.0. The van der Waals surface area contributed by atoms with Crippen molar-refractivity contribution in [2.24, 2.45) is 22.2 Å². The first kappa shape index (κ1) is 48.1. The third-order valence-electron chi connectivity index (χ3n) is 9.56. The van der Waals surface area contributed by atoms with Gasteiger partial charge in [0, 0.05) is 73.2 Å². The van der Waals surface area contributed by atoms with Crippen LogP contribution in [0.2, 0.25) is 0 Å². The van der Waals surface area contributed by atoms with Crippen LogP contribution < -0.4 is 49.1 Å². The monoisotopic (exact) mass is 891 g/mol. The van der Waals surface area contributed by atoms with E-state index < -0.39 is 77.6 Å². The Morgan fingerprint density at radius 3 is 1.79 bits per heavy atom. The van der Waals surface area contributed by atoms with Crippen molar-refractivity contribution in [3.8, 4) is 0 Å². The molecule has 0 aliphatic rings. The molecule has 7 amide bonds. The molecule has 0 aliphatic carbocycles. The number of carbonyl (C=O) groups is 7. The standard InChI is InChI=1S/C40H53N13O7S2/c1-22(54)48-33(20-62)39(60)52-31(16-25-18-44-21-47-25)38(59)50-29(14-23-8-3-2-4-9-23)36(57)49-28(12-7-13-45-40(42)43)35(56)51-30(37(58)53-32(19-61)34(41)55)15-24-17-46-27-11-6-5-10-26(24)27/h2-6,8-11,17-18,21,28-33,46,61-62H,7,12-16,19-20H2,1H3,(H2,41,55)(H,44,47)(H,48,54)(H,49,57)(H,50,59)(H,51,56)(H,52,60)(H,53,58)(H4,42,43,45)/t28-,29+,30-,31-,32-,33-/m0/s1. The molecule has 0 radical (unpaired) electrons. The molecule has 0 bridgehead atoms. The molecule has 4 rings (SSSR count). The molecular formula is C40H53N13O7S2. The summed E-state index contributed by atoms with van der Waals surface area (Å²) in [4.78, 5) is 108. The quantitative estimate of drug-likeness (QED) is 0.0163. The number of nitrogens with two attached hydrogens (primary N) is 3. The van der Waals surface area contributed by atoms with Gasteiger partial charge in [-0.05, 0) is 30.0 Å². The summed E-state index contributed by atoms with van der Waals surface area (Å²) in [7, 11) is 0. The second-order valence-electron chi connectivity index (χ2n) is 14.3. The van der Waals surface area contributed by atoms with Gasteiger partial charge in [-0.2, -0.15) is 25.3 Å². The number of fused-ring (bicyclic) bond motifs is 1. The zero-order valence-corrected chi connectivity index (χ0v) is 35.7. The van der Waals surface area contributed by atoms with E-state index in [0.717, 1.165) is 10.9 Å². The fourth-order valence-corrected chi connectivity index (χ4v) is 6.92. The molecule has 2 heterocycles. The number of benzene rings is 2. The fraction of sp³-hybridized carbons (Fsp3) is 0.375. The molecule has 0 saturated heterocycles. The lowest BCUT2D eigenvalue weighted by molar-refractivity contribution is -0.135. The highest BCUT2D eigenvalue weighted by Crippen LogP contribution is 2.20. The minimum Gasteiger partial charge on any atom is -0.370 e. The van der Waals surface area contributed by atoms with Crippen molar-refractivity contribution >= 4 is 83.5 Å². The Morgan fingerprint density at radius 1 is 0.661 bits per heavy atom. The molecule has 6 atom stereocenters. The molecule has 0 unspecified atom stereocenters. The van der Waals surface area contributed by atoms with Gasteiger partial charge in [0.25, 0.3) is 0 Å². The maximum absolute atomic E-state index is 14.4. The number of rotatable bonds is 24. The summed E-state index contributed by atoms with van der Waals surface area (Å²) in [6, 6.07) is 8.75. The lowest BCUT2D eigenvalue weighted by atomic mass is 10.0. The number of para-hydroxylation sites is 1. The topological polar surface area (TPSA) is 327 Å². The lowest BCUT2D eigenvalue weighted by Gasteiger charge is -2.27. The molecular weight excluding hydrogens is 839 g/mol. The Balaban J connectivity index is 1.65. The van der Waals surface area contributed by atoms with Gasteiger partial charge in [-0.3, -0.25) is 38.6 Å². The molecule has 0 saturated carbocycles. The number of nitrogens with one attached hydrogen (secondary N) is 8. The summed E-state index contributed by atoms with van der Waals surface area (Å²) in [6.45, 7) is 1.33. The number of guanidine groups is 1. The van der Waals surface area contributed by atoms with Gasteiger partial charge < -0.3 is 59.1 Å². The lowest BCUT2D eigenvalue weighted by Crippen LogP contribution is -2.60. The summed E-state index contributed by atoms with van der Waals surface area (Å²) < 4.78 is 0. The molecule has 14 N–H and O–H groups in total. The molecule has 332 valence electrons. The minimum absolute atomic E-state index is 0.0187. The predicted molar refractivity (Wildman–Crippen MR) is 239 cm³/mol. The first-order valence-corrected chi connectivity index (χ1v) is 20.9. The number of hydrogen-bond acceptors (Lipinski definition) is 11. The van der Waals surface area contributed by atoms with E-state index in [1.165, 1.54) is 19.4 Å². The van der Waals surface area contributed by atoms with Crippen molar-refractivity contribution in [2.75, 3.05) is 18.1 Å². The summed E-state index contributed by atoms with van der Waals surface area (Å²) >= 11 is 8.31. The van der Waals surface area contributed by atoms with Crippen molar-refractivity contribution in [1.29, 1.82) is 0 Å². The van der Waals surface area contributed by atoms with Gasteiger partial charge >= 0.3 is 0 Å². The summed E-state index contributed by atoms with van der Waals surface area (Å²) in [5.41, 5.74) is 19.1. The van der Waals surface area contributed by atoms with E-state index in [1.54, 1.807) is 36.5 Å². The molecule has 0 aliphatic heterocycles. The number of aliphatic imine (C=N–C) groups is 1. The maximum Gasteiger partial charge on any atom is 0.244 e. The number of H-pyrrole nitrogens is 2. The highest BCUT2D eigenvalue weighted by Gasteiger charge is 2.33. The third kappa shape index (κ3) is 14.9. The highest BCUT2D eigenvalue weighted by molar-refractivity contribution is 7.80. The van der Waals surface area contributed by atoms with Gasteiger partial charge in [0.05, 0.1) is 6.33 Å². The Kier molecular flexibility index (Phi) is 18.7. The summed E-state index contributed by atoms with van der Waals surface area (Å²) in [6.07, 6.45) is 4.61. The third-order valence-corrected chi connectivity index (χ3v) is 10.3. The molecule has 4 aromatic rings. The van der Waals surface area contributed by atoms with Crippen LogP contribution >= 0.6 is 25.3 Å². The van der Waals surface area contributed by atoms with Crippen molar-refractivity contribution in [3.05, 3.63) is 90.1 Å². The number of aromatic nitrogens is 3. The first-order valence-electron chi connectivity index (χ1n) is 19.6. The van der Waals surface area contributed by atoms with E-state index in [4.69, 9.17) is 17.2 Å². The smallest absolute Gasteiger partial charge is 0.244 e. The van der Waals surface area contributed by atoms with Gasteiger partial charge in [0.15, 0.2) is 5.96 Å². The SMILES string of the molecule is CC(=O)N[C@@H](CS)C(=O)N[C@@H](Cc1cnc[nH]1)C(=O)N[C@H](Cc1ccccc1)C(=O)N[C@@H](CCCN=C(N)N)C(=O)N[C@@H](Cc1c[nH]c2ccccc12)C(=O)N[C@@H](CS)C(N)=O. The van der Waals surface area contributed by atoms with E-state index in [2.05, 4.69) is 77.1 Å². The van der Waals surface area contributed by atoms with E-state index in [0.29, 0.717) is 16.8 Å². The Labute approximate surface area is 368 Å². The van der Waals surface area contributed by atoms with E-state index in [9.17, 15) is 33.6 Å². The number of imidazole rings is 1. The van der Waals surface area contributed by atoms with Crippen LogP contribution in [0, 0.1) is 0 Å². The Bertz CT molecular complexity index is 2180. The fourth-order valence-electron chi connectivity index (χ4n) is 6.39. The number of hydrogen-bond donors (Lipinski definition) is 13. The van der Waals surface area contributed by atoms with Crippen LogP contribution in [-0.4, -0.2) is 117 Å². The molecule has 0 spiro atoms. The van der Waals surface area contributed by atoms with Gasteiger partial charge in [-0.1, -0.05) is 48.5 Å². The summed E-state index contributed by atoms with van der Waals surface area (Å²) in [5, 5.41) is 16.7. The van der Waals surface area contributed by atoms with Crippen molar-refractivity contribution in [2.45, 2.75) is 75.3 Å². The van der Waals surface area contributed by atoms with Crippen molar-refractivity contribution < 1.29 is 33.6 Å². The van der Waals surface area contributed by atoms with E-state index in [1.807, 2.05) is 24.3 Å². The van der Waals surface area contributed by atoms with Crippen LogP contribution in [-0.2, 0) is 52.8 Å². The molecule has 2 aromatic heterocycles. The zero-order chi connectivity index (χ0) is 45.2. The molecule has 0 fully saturated rings. The van der Waals surface area contributed by atoms with Crippen LogP contribution in [0.3, 0.4) is 0 Å². The van der Waals surface area contributed by atoms with Crippen molar-refractivity contribution in [1.82, 2.24) is 46.9 Å². The van der Waals surface area contributed by atoms with Gasteiger partial charge in [0.2, 0.25) is 41.4 Å². The van der Waals surface area contributed by atoms with Crippen LogP contribution in [0.25, 0.3) is 10.9 Å². The van der Waals surface area contributed by atoms with Crippen LogP contribution in [0.5, 0.6) is 0 Å². The zero-order valence-electron chi connectivity index (χ0n) is 33.9. The van der Waals surface area contributed by atoms with Crippen LogP contribution in [0.1, 0.15) is 36.6 Å². The Morgan fingerprint density at radius 2 is 1.21 bits per heavy atom. The highest BCUT2D eigenvalue weighted by atomic mass is 32.1. The number of carbonyl (C=O) groups excluding carboxylic acids is 7. The van der Waals surface area contributed by atoms with Crippen LogP contribution in [0.4, 0.5) is 0 Å². The number of amides is 7.